The number of carboxylic acids is 1. The van der Waals surface area contributed by atoms with Crippen LogP contribution < -0.4 is 0 Å². The first-order valence-corrected chi connectivity index (χ1v) is 6.55. The van der Waals surface area contributed by atoms with Crippen LogP contribution in [-0.2, 0) is 4.79 Å². The summed E-state index contributed by atoms with van der Waals surface area (Å²) in [6.07, 6.45) is 0.736. The van der Waals surface area contributed by atoms with Crippen LogP contribution in [0.3, 0.4) is 0 Å². The summed E-state index contributed by atoms with van der Waals surface area (Å²) in [7, 11) is 0. The molecule has 5 nitrogen and oxygen atoms in total. The second-order valence-electron chi connectivity index (χ2n) is 4.82. The fourth-order valence-corrected chi connectivity index (χ4v) is 2.30. The normalized spacial score (nSPS) is 16.8. The number of amides is 1. The molecular weight excluding hydrogens is 263 g/mol. The third kappa shape index (κ3) is 3.77. The van der Waals surface area contributed by atoms with Crippen LogP contribution in [0.15, 0.2) is 24.3 Å². The number of carboxylic acid groups (broad SMARTS) is 1. The van der Waals surface area contributed by atoms with Gasteiger partial charge in [0.25, 0.3) is 5.91 Å². The molecule has 1 aliphatic heterocycles. The molecule has 0 atom stereocenters. The Morgan fingerprint density at radius 1 is 1.10 bits per heavy atom. The highest BCUT2D eigenvalue weighted by atomic mass is 19.1. The molecule has 0 aliphatic carbocycles. The summed E-state index contributed by atoms with van der Waals surface area (Å²) >= 11 is 0. The van der Waals surface area contributed by atoms with E-state index in [0.717, 1.165) is 6.42 Å². The van der Waals surface area contributed by atoms with E-state index in [2.05, 4.69) is 0 Å². The van der Waals surface area contributed by atoms with Gasteiger partial charge in [-0.15, -0.1) is 0 Å². The van der Waals surface area contributed by atoms with Crippen molar-refractivity contribution in [2.75, 3.05) is 32.7 Å². The van der Waals surface area contributed by atoms with E-state index in [4.69, 9.17) is 5.11 Å². The maximum Gasteiger partial charge on any atom is 0.317 e. The largest absolute Gasteiger partial charge is 0.480 e. The van der Waals surface area contributed by atoms with Crippen molar-refractivity contribution in [3.63, 3.8) is 0 Å². The molecule has 0 saturated carbocycles. The monoisotopic (exact) mass is 280 g/mol. The Bertz CT molecular complexity index is 490. The van der Waals surface area contributed by atoms with Crippen molar-refractivity contribution in [1.82, 2.24) is 9.80 Å². The fourth-order valence-electron chi connectivity index (χ4n) is 2.30. The molecule has 1 heterocycles. The molecule has 0 bridgehead atoms. The van der Waals surface area contributed by atoms with E-state index in [0.29, 0.717) is 31.7 Å². The lowest BCUT2D eigenvalue weighted by atomic mass is 10.2. The molecule has 0 spiro atoms. The van der Waals surface area contributed by atoms with Crippen molar-refractivity contribution in [3.05, 3.63) is 35.6 Å². The minimum atomic E-state index is -0.858. The highest BCUT2D eigenvalue weighted by Crippen LogP contribution is 2.10. The van der Waals surface area contributed by atoms with Crippen LogP contribution >= 0.6 is 0 Å². The van der Waals surface area contributed by atoms with E-state index in [1.165, 1.54) is 24.3 Å². The molecule has 1 fully saturated rings. The van der Waals surface area contributed by atoms with Crippen molar-refractivity contribution >= 4 is 11.9 Å². The first-order chi connectivity index (χ1) is 9.56. The summed E-state index contributed by atoms with van der Waals surface area (Å²) in [5.74, 6) is -1.37. The number of hydrogen-bond donors (Lipinski definition) is 1. The van der Waals surface area contributed by atoms with Crippen molar-refractivity contribution < 1.29 is 19.1 Å². The maximum atomic E-state index is 12.8. The molecular formula is C14H17FN2O3. The van der Waals surface area contributed by atoms with E-state index >= 15 is 0 Å². The number of aliphatic carboxylic acids is 1. The smallest absolute Gasteiger partial charge is 0.317 e. The van der Waals surface area contributed by atoms with Gasteiger partial charge in [0, 0.05) is 31.7 Å². The van der Waals surface area contributed by atoms with Gasteiger partial charge in [0.15, 0.2) is 0 Å². The van der Waals surface area contributed by atoms with E-state index in [1.807, 2.05) is 4.90 Å². The fraction of sp³-hybridized carbons (Fsp3) is 0.429. The van der Waals surface area contributed by atoms with Gasteiger partial charge in [0.05, 0.1) is 6.54 Å². The number of halogens is 1. The summed E-state index contributed by atoms with van der Waals surface area (Å²) < 4.78 is 12.8. The molecule has 0 unspecified atom stereocenters. The summed E-state index contributed by atoms with van der Waals surface area (Å²) in [4.78, 5) is 26.5. The van der Waals surface area contributed by atoms with Crippen LogP contribution in [0.5, 0.6) is 0 Å². The van der Waals surface area contributed by atoms with Crippen molar-refractivity contribution in [3.8, 4) is 0 Å². The van der Waals surface area contributed by atoms with Gasteiger partial charge in [-0.25, -0.2) is 4.39 Å². The second kappa shape index (κ2) is 6.47. The zero-order valence-electron chi connectivity index (χ0n) is 11.1. The molecule has 0 aromatic heterocycles. The number of carbonyl (C=O) groups is 2. The second-order valence-corrected chi connectivity index (χ2v) is 4.82. The van der Waals surface area contributed by atoms with Gasteiger partial charge in [-0.1, -0.05) is 0 Å². The highest BCUT2D eigenvalue weighted by Gasteiger charge is 2.21. The summed E-state index contributed by atoms with van der Waals surface area (Å²) in [6, 6.07) is 5.47. The molecule has 20 heavy (non-hydrogen) atoms. The van der Waals surface area contributed by atoms with E-state index in [9.17, 15) is 14.0 Å². The maximum absolute atomic E-state index is 12.8. The van der Waals surface area contributed by atoms with Gasteiger partial charge in [-0.3, -0.25) is 14.5 Å². The lowest BCUT2D eigenvalue weighted by molar-refractivity contribution is -0.138. The van der Waals surface area contributed by atoms with Gasteiger partial charge in [0.2, 0.25) is 0 Å². The third-order valence-corrected chi connectivity index (χ3v) is 3.33. The Morgan fingerprint density at radius 3 is 2.45 bits per heavy atom. The van der Waals surface area contributed by atoms with Crippen LogP contribution in [0.2, 0.25) is 0 Å². The highest BCUT2D eigenvalue weighted by molar-refractivity contribution is 5.94. The Balaban J connectivity index is 1.97. The van der Waals surface area contributed by atoms with Crippen LogP contribution in [0.4, 0.5) is 4.39 Å². The van der Waals surface area contributed by atoms with Gasteiger partial charge < -0.3 is 10.0 Å². The van der Waals surface area contributed by atoms with Gasteiger partial charge in [-0.05, 0) is 30.7 Å². The molecule has 6 heteroatoms. The average Bonchev–Trinajstić information content (AvgIpc) is 2.64. The molecule has 1 N–H and O–H groups in total. The van der Waals surface area contributed by atoms with Crippen LogP contribution in [-0.4, -0.2) is 59.5 Å². The number of nitrogens with zero attached hydrogens (tertiary/aromatic N) is 2. The standard InChI is InChI=1S/C14H17FN2O3/c15-12-4-2-11(3-5-12)14(20)17-7-1-6-16(8-9-17)10-13(18)19/h2-5H,1,6-10H2,(H,18,19). The molecule has 1 amide bonds. The summed E-state index contributed by atoms with van der Waals surface area (Å²) in [5, 5.41) is 8.78. The van der Waals surface area contributed by atoms with Gasteiger partial charge in [0.1, 0.15) is 5.82 Å². The third-order valence-electron chi connectivity index (χ3n) is 3.33. The minimum absolute atomic E-state index is 0.00141. The van der Waals surface area contributed by atoms with Crippen molar-refractivity contribution in [2.45, 2.75) is 6.42 Å². The quantitative estimate of drug-likeness (QED) is 0.899. The van der Waals surface area contributed by atoms with Crippen LogP contribution in [0.25, 0.3) is 0 Å². The van der Waals surface area contributed by atoms with Crippen LogP contribution in [0, 0.1) is 5.82 Å². The van der Waals surface area contributed by atoms with Crippen molar-refractivity contribution in [1.29, 1.82) is 0 Å². The number of rotatable bonds is 3. The first kappa shape index (κ1) is 14.5. The molecule has 1 aromatic carbocycles. The molecule has 1 saturated heterocycles. The lowest BCUT2D eigenvalue weighted by Gasteiger charge is -2.21. The topological polar surface area (TPSA) is 60.9 Å². The zero-order valence-corrected chi connectivity index (χ0v) is 11.1. The SMILES string of the molecule is O=C(O)CN1CCCN(C(=O)c2ccc(F)cc2)CC1. The van der Waals surface area contributed by atoms with E-state index in [1.54, 1.807) is 4.90 Å². The predicted octanol–water partition coefficient (Wildman–Crippen LogP) is 1.06. The predicted molar refractivity (Wildman–Crippen MR) is 71.0 cm³/mol. The molecule has 2 rings (SSSR count). The Morgan fingerprint density at radius 2 is 1.80 bits per heavy atom. The Labute approximate surface area is 116 Å². The number of benzene rings is 1. The molecule has 1 aromatic rings. The van der Waals surface area contributed by atoms with E-state index in [-0.39, 0.29) is 18.3 Å². The average molecular weight is 280 g/mol. The molecule has 108 valence electrons. The van der Waals surface area contributed by atoms with Crippen molar-refractivity contribution in [2.24, 2.45) is 0 Å². The van der Waals surface area contributed by atoms with Gasteiger partial charge >= 0.3 is 5.97 Å². The summed E-state index contributed by atoms with van der Waals surface area (Å²) in [5.41, 5.74) is 0.457. The summed E-state index contributed by atoms with van der Waals surface area (Å²) in [6.45, 7) is 2.28. The number of carbonyl (C=O) groups excluding carboxylic acids is 1. The molecule has 1 aliphatic rings. The Kier molecular flexibility index (Phi) is 4.68. The lowest BCUT2D eigenvalue weighted by Crippen LogP contribution is -2.36. The first-order valence-electron chi connectivity index (χ1n) is 6.55. The molecule has 0 radical (unpaired) electrons. The van der Waals surface area contributed by atoms with Crippen LogP contribution in [0.1, 0.15) is 16.8 Å². The van der Waals surface area contributed by atoms with Gasteiger partial charge in [-0.2, -0.15) is 0 Å². The number of hydrogen-bond acceptors (Lipinski definition) is 3. The van der Waals surface area contributed by atoms with E-state index < -0.39 is 5.97 Å². The Hall–Kier alpha value is -1.95. The minimum Gasteiger partial charge on any atom is -0.480 e. The zero-order chi connectivity index (χ0) is 14.5.